The molecule has 0 saturated carbocycles. The maximum atomic E-state index is 11.9. The van der Waals surface area contributed by atoms with Crippen LogP contribution in [0.1, 0.15) is 5.69 Å². The van der Waals surface area contributed by atoms with Gasteiger partial charge in [-0.3, -0.25) is 4.79 Å². The molecular weight excluding hydrogens is 326 g/mol. The number of nitrogens with one attached hydrogen (secondary N) is 1. The first-order chi connectivity index (χ1) is 10.2. The molecule has 0 fully saturated rings. The van der Waals surface area contributed by atoms with Crippen molar-refractivity contribution in [1.82, 2.24) is 9.97 Å². The van der Waals surface area contributed by atoms with Gasteiger partial charge in [0.15, 0.2) is 5.13 Å². The first-order valence-corrected chi connectivity index (χ1v) is 8.24. The molecule has 0 saturated heterocycles. The number of aromatic nitrogens is 2. The van der Waals surface area contributed by atoms with Crippen molar-refractivity contribution in [3.05, 3.63) is 51.9 Å². The lowest BCUT2D eigenvalue weighted by Crippen LogP contribution is -2.14. The van der Waals surface area contributed by atoms with Gasteiger partial charge >= 0.3 is 0 Å². The van der Waals surface area contributed by atoms with Gasteiger partial charge < -0.3 is 5.32 Å². The summed E-state index contributed by atoms with van der Waals surface area (Å²) in [4.78, 5) is 20.4. The van der Waals surface area contributed by atoms with Gasteiger partial charge in [0, 0.05) is 27.5 Å². The fourth-order valence-electron chi connectivity index (χ4n) is 1.76. The Morgan fingerprint density at radius 1 is 1.33 bits per heavy atom. The molecule has 1 N–H and O–H groups in total. The number of nitrogens with zero attached hydrogens (tertiary/aromatic N) is 2. The van der Waals surface area contributed by atoms with Crippen LogP contribution in [0.3, 0.4) is 0 Å². The van der Waals surface area contributed by atoms with Crippen LogP contribution >= 0.6 is 34.3 Å². The summed E-state index contributed by atoms with van der Waals surface area (Å²) in [5, 5.41) is 8.57. The molecule has 21 heavy (non-hydrogen) atoms. The van der Waals surface area contributed by atoms with Gasteiger partial charge in [-0.2, -0.15) is 0 Å². The topological polar surface area (TPSA) is 54.9 Å². The average Bonchev–Trinajstić information content (AvgIpc) is 3.10. The summed E-state index contributed by atoms with van der Waals surface area (Å²) >= 11 is 8.86. The minimum atomic E-state index is -0.118. The summed E-state index contributed by atoms with van der Waals surface area (Å²) in [6, 6.07) is 7.51. The predicted octanol–water partition coefficient (Wildman–Crippen LogP) is 4.10. The molecule has 1 amide bonds. The second-order valence-electron chi connectivity index (χ2n) is 4.22. The van der Waals surface area contributed by atoms with Crippen molar-refractivity contribution in [3.63, 3.8) is 0 Å². The maximum Gasteiger partial charge on any atom is 0.232 e. The lowest BCUT2D eigenvalue weighted by Gasteiger charge is -1.99. The molecule has 106 valence electrons. The number of benzene rings is 1. The highest BCUT2D eigenvalue weighted by Gasteiger charge is 2.10. The van der Waals surface area contributed by atoms with E-state index in [1.165, 1.54) is 22.7 Å². The predicted molar refractivity (Wildman–Crippen MR) is 87.0 cm³/mol. The number of hydrogen-bond acceptors (Lipinski definition) is 5. The van der Waals surface area contributed by atoms with Crippen molar-refractivity contribution >= 4 is 45.3 Å². The van der Waals surface area contributed by atoms with Crippen molar-refractivity contribution in [2.45, 2.75) is 6.42 Å². The van der Waals surface area contributed by atoms with E-state index in [1.54, 1.807) is 6.20 Å². The van der Waals surface area contributed by atoms with Gasteiger partial charge in [0.2, 0.25) is 5.91 Å². The SMILES string of the molecule is O=C(Cc1csc(-c2cccc(Cl)c2)n1)Nc1nccs1. The molecule has 0 atom stereocenters. The van der Waals surface area contributed by atoms with Crippen LogP contribution in [-0.2, 0) is 11.2 Å². The number of thiazole rings is 2. The van der Waals surface area contributed by atoms with E-state index in [0.29, 0.717) is 10.2 Å². The van der Waals surface area contributed by atoms with Crippen molar-refractivity contribution in [3.8, 4) is 10.6 Å². The molecular formula is C14H10ClN3OS2. The Labute approximate surface area is 134 Å². The molecule has 0 aliphatic heterocycles. The molecule has 0 bridgehead atoms. The van der Waals surface area contributed by atoms with Gasteiger partial charge in [-0.1, -0.05) is 23.7 Å². The summed E-state index contributed by atoms with van der Waals surface area (Å²) in [6.45, 7) is 0. The monoisotopic (exact) mass is 335 g/mol. The first kappa shape index (κ1) is 14.2. The summed E-state index contributed by atoms with van der Waals surface area (Å²) in [6.07, 6.45) is 1.89. The third kappa shape index (κ3) is 3.66. The third-order valence-electron chi connectivity index (χ3n) is 2.64. The molecule has 0 radical (unpaired) electrons. The van der Waals surface area contributed by atoms with E-state index in [-0.39, 0.29) is 12.3 Å². The zero-order valence-electron chi connectivity index (χ0n) is 10.7. The van der Waals surface area contributed by atoms with Crippen molar-refractivity contribution in [2.24, 2.45) is 0 Å². The van der Waals surface area contributed by atoms with Crippen LogP contribution in [0.5, 0.6) is 0 Å². The molecule has 3 aromatic rings. The van der Waals surface area contributed by atoms with Crippen LogP contribution < -0.4 is 5.32 Å². The molecule has 2 heterocycles. The van der Waals surface area contributed by atoms with Gasteiger partial charge in [-0.25, -0.2) is 9.97 Å². The van der Waals surface area contributed by atoms with E-state index in [4.69, 9.17) is 11.6 Å². The fourth-order valence-corrected chi connectivity index (χ4v) is 3.31. The number of carbonyl (C=O) groups excluding carboxylic acids is 1. The Morgan fingerprint density at radius 3 is 3.00 bits per heavy atom. The molecule has 0 unspecified atom stereocenters. The first-order valence-electron chi connectivity index (χ1n) is 6.10. The molecule has 0 spiro atoms. The Hall–Kier alpha value is -1.76. The van der Waals surface area contributed by atoms with E-state index in [1.807, 2.05) is 35.0 Å². The fraction of sp³-hybridized carbons (Fsp3) is 0.0714. The molecule has 4 nitrogen and oxygen atoms in total. The Kier molecular flexibility index (Phi) is 4.28. The van der Waals surface area contributed by atoms with Crippen LogP contribution in [0.25, 0.3) is 10.6 Å². The lowest BCUT2D eigenvalue weighted by molar-refractivity contribution is -0.115. The van der Waals surface area contributed by atoms with E-state index in [9.17, 15) is 4.79 Å². The molecule has 2 aromatic heterocycles. The zero-order valence-corrected chi connectivity index (χ0v) is 13.1. The normalized spacial score (nSPS) is 10.5. The minimum Gasteiger partial charge on any atom is -0.302 e. The third-order valence-corrected chi connectivity index (χ3v) is 4.51. The van der Waals surface area contributed by atoms with Crippen molar-refractivity contribution in [2.75, 3.05) is 5.32 Å². The van der Waals surface area contributed by atoms with Crippen LogP contribution in [-0.4, -0.2) is 15.9 Å². The van der Waals surface area contributed by atoms with Gasteiger partial charge in [0.1, 0.15) is 5.01 Å². The quantitative estimate of drug-likeness (QED) is 0.781. The number of halogens is 1. The molecule has 3 rings (SSSR count). The number of rotatable bonds is 4. The van der Waals surface area contributed by atoms with Crippen molar-refractivity contribution < 1.29 is 4.79 Å². The zero-order chi connectivity index (χ0) is 14.7. The summed E-state index contributed by atoms with van der Waals surface area (Å²) in [5.41, 5.74) is 1.70. The minimum absolute atomic E-state index is 0.118. The lowest BCUT2D eigenvalue weighted by atomic mass is 10.2. The molecule has 7 heteroatoms. The smallest absolute Gasteiger partial charge is 0.232 e. The highest BCUT2D eigenvalue weighted by molar-refractivity contribution is 7.13. The molecule has 0 aliphatic rings. The van der Waals surface area contributed by atoms with Gasteiger partial charge in [0.05, 0.1) is 12.1 Å². The van der Waals surface area contributed by atoms with Crippen LogP contribution in [0, 0.1) is 0 Å². The van der Waals surface area contributed by atoms with Crippen LogP contribution in [0.15, 0.2) is 41.2 Å². The van der Waals surface area contributed by atoms with Gasteiger partial charge in [0.25, 0.3) is 0 Å². The average molecular weight is 336 g/mol. The largest absolute Gasteiger partial charge is 0.302 e. The van der Waals surface area contributed by atoms with E-state index < -0.39 is 0 Å². The van der Waals surface area contributed by atoms with E-state index in [0.717, 1.165) is 16.3 Å². The summed E-state index contributed by atoms with van der Waals surface area (Å²) < 4.78 is 0. The highest BCUT2D eigenvalue weighted by atomic mass is 35.5. The summed E-state index contributed by atoms with van der Waals surface area (Å²) in [5.74, 6) is -0.118. The number of carbonyl (C=O) groups is 1. The van der Waals surface area contributed by atoms with Gasteiger partial charge in [-0.05, 0) is 12.1 Å². The maximum absolute atomic E-state index is 11.9. The van der Waals surface area contributed by atoms with E-state index >= 15 is 0 Å². The Balaban J connectivity index is 1.69. The van der Waals surface area contributed by atoms with Gasteiger partial charge in [-0.15, -0.1) is 22.7 Å². The molecule has 0 aliphatic carbocycles. The number of hydrogen-bond donors (Lipinski definition) is 1. The second kappa shape index (κ2) is 6.34. The Bertz CT molecular complexity index is 755. The molecule has 1 aromatic carbocycles. The number of anilines is 1. The number of amides is 1. The summed E-state index contributed by atoms with van der Waals surface area (Å²) in [7, 11) is 0. The standard InChI is InChI=1S/C14H10ClN3OS2/c15-10-3-1-2-9(6-10)13-17-11(8-21-13)7-12(19)18-14-16-4-5-20-14/h1-6,8H,7H2,(H,16,18,19). The Morgan fingerprint density at radius 2 is 2.24 bits per heavy atom. The second-order valence-corrected chi connectivity index (χ2v) is 6.41. The van der Waals surface area contributed by atoms with Crippen LogP contribution in [0.2, 0.25) is 5.02 Å². The van der Waals surface area contributed by atoms with E-state index in [2.05, 4.69) is 15.3 Å². The van der Waals surface area contributed by atoms with Crippen LogP contribution in [0.4, 0.5) is 5.13 Å². The highest BCUT2D eigenvalue weighted by Crippen LogP contribution is 2.26. The van der Waals surface area contributed by atoms with Crippen molar-refractivity contribution in [1.29, 1.82) is 0 Å².